The number of rotatable bonds is 13. The summed E-state index contributed by atoms with van der Waals surface area (Å²) in [5, 5.41) is 3.00. The first-order valence-electron chi connectivity index (χ1n) is 14.5. The maximum atomic E-state index is 12.8. The molecule has 0 aromatic heterocycles. The van der Waals surface area contributed by atoms with Gasteiger partial charge in [-0.3, -0.25) is 4.79 Å². The van der Waals surface area contributed by atoms with Gasteiger partial charge < -0.3 is 24.3 Å². The van der Waals surface area contributed by atoms with E-state index in [0.29, 0.717) is 49.2 Å². The zero-order chi connectivity index (χ0) is 30.7. The minimum Gasteiger partial charge on any atom is -0.493 e. The molecule has 0 aliphatic rings. The largest absolute Gasteiger partial charge is 0.493 e. The first-order chi connectivity index (χ1) is 20.8. The van der Waals surface area contributed by atoms with Crippen LogP contribution in [0.3, 0.4) is 0 Å². The first-order valence-corrected chi connectivity index (χ1v) is 14.5. The topological polar surface area (TPSA) is 66.0 Å². The lowest BCUT2D eigenvalue weighted by molar-refractivity contribution is -0.116. The molecule has 0 unspecified atom stereocenters. The van der Waals surface area contributed by atoms with Gasteiger partial charge in [-0.2, -0.15) is 0 Å². The van der Waals surface area contributed by atoms with Crippen LogP contribution in [-0.4, -0.2) is 26.7 Å². The Balaban J connectivity index is 1.40. The highest BCUT2D eigenvalue weighted by Crippen LogP contribution is 2.37. The van der Waals surface area contributed by atoms with Crippen LogP contribution in [0.2, 0.25) is 0 Å². The Kier molecular flexibility index (Phi) is 10.9. The van der Waals surface area contributed by atoms with E-state index in [2.05, 4.69) is 26.1 Å². The maximum Gasteiger partial charge on any atom is 0.244 e. The van der Waals surface area contributed by atoms with E-state index in [1.54, 1.807) is 20.3 Å². The number of ether oxygens (including phenoxy) is 4. The van der Waals surface area contributed by atoms with Gasteiger partial charge in [-0.1, -0.05) is 87.5 Å². The Labute approximate surface area is 255 Å². The SMILES string of the molecule is COc1ccc(CCNC(=O)/C=C/c2cc(OCc3ccccc3)c(OC)cc2C(C)(C)C)cc1OCc1ccccc1. The standard InChI is InChI=1S/C37H41NO5/c1-37(2,3)31-24-33(41-5)35(43-26-29-14-10-7-11-15-29)23-30(31)17-19-36(39)38-21-20-27-16-18-32(40-4)34(22-27)42-25-28-12-8-6-9-13-28/h6-19,22-24H,20-21,25-26H2,1-5H3,(H,38,39)/b19-17+. The summed E-state index contributed by atoms with van der Waals surface area (Å²) in [7, 11) is 3.27. The lowest BCUT2D eigenvalue weighted by atomic mass is 9.83. The van der Waals surface area contributed by atoms with Gasteiger partial charge >= 0.3 is 0 Å². The average Bonchev–Trinajstić information content (AvgIpc) is 3.02. The molecule has 6 nitrogen and oxygen atoms in total. The number of benzene rings is 4. The van der Waals surface area contributed by atoms with Crippen LogP contribution in [0.25, 0.3) is 6.08 Å². The van der Waals surface area contributed by atoms with Gasteiger partial charge in [-0.05, 0) is 70.0 Å². The Bertz CT molecular complexity index is 1510. The van der Waals surface area contributed by atoms with Crippen molar-refractivity contribution in [2.75, 3.05) is 20.8 Å². The van der Waals surface area contributed by atoms with Crippen LogP contribution in [0, 0.1) is 0 Å². The summed E-state index contributed by atoms with van der Waals surface area (Å²) in [6.07, 6.45) is 4.06. The van der Waals surface area contributed by atoms with Crippen LogP contribution in [0.4, 0.5) is 0 Å². The van der Waals surface area contributed by atoms with Gasteiger partial charge in [0.1, 0.15) is 13.2 Å². The number of amides is 1. The summed E-state index contributed by atoms with van der Waals surface area (Å²) in [5.41, 5.74) is 4.97. The van der Waals surface area contributed by atoms with Crippen LogP contribution >= 0.6 is 0 Å². The fourth-order valence-corrected chi connectivity index (χ4v) is 4.65. The second kappa shape index (κ2) is 15.0. The molecule has 0 fully saturated rings. The zero-order valence-corrected chi connectivity index (χ0v) is 25.7. The van der Waals surface area contributed by atoms with E-state index < -0.39 is 0 Å². The lowest BCUT2D eigenvalue weighted by Crippen LogP contribution is -2.23. The lowest BCUT2D eigenvalue weighted by Gasteiger charge is -2.24. The third-order valence-corrected chi connectivity index (χ3v) is 6.97. The molecule has 4 aromatic rings. The predicted octanol–water partition coefficient (Wildman–Crippen LogP) is 7.53. The number of methoxy groups -OCH3 is 2. The van der Waals surface area contributed by atoms with Crippen molar-refractivity contribution in [3.63, 3.8) is 0 Å². The zero-order valence-electron chi connectivity index (χ0n) is 25.7. The van der Waals surface area contributed by atoms with E-state index in [1.807, 2.05) is 97.1 Å². The monoisotopic (exact) mass is 579 g/mol. The van der Waals surface area contributed by atoms with Crippen LogP contribution in [0.5, 0.6) is 23.0 Å². The molecule has 0 saturated carbocycles. The molecular formula is C37H41NO5. The van der Waals surface area contributed by atoms with Gasteiger partial charge in [0.05, 0.1) is 14.2 Å². The van der Waals surface area contributed by atoms with Gasteiger partial charge in [0, 0.05) is 12.6 Å². The maximum absolute atomic E-state index is 12.8. The van der Waals surface area contributed by atoms with Gasteiger partial charge in [0.25, 0.3) is 0 Å². The molecule has 0 aliphatic heterocycles. The Morgan fingerprint density at radius 1 is 0.698 bits per heavy atom. The number of carbonyl (C=O) groups is 1. The van der Waals surface area contributed by atoms with Gasteiger partial charge in [-0.15, -0.1) is 0 Å². The summed E-state index contributed by atoms with van der Waals surface area (Å²) in [6.45, 7) is 7.75. The van der Waals surface area contributed by atoms with Gasteiger partial charge in [-0.25, -0.2) is 0 Å². The van der Waals surface area contributed by atoms with Crippen molar-refractivity contribution >= 4 is 12.0 Å². The highest BCUT2D eigenvalue weighted by Gasteiger charge is 2.21. The summed E-state index contributed by atoms with van der Waals surface area (Å²) >= 11 is 0. The molecule has 1 N–H and O–H groups in total. The molecule has 0 aliphatic carbocycles. The van der Waals surface area contributed by atoms with E-state index in [4.69, 9.17) is 18.9 Å². The van der Waals surface area contributed by atoms with Crippen molar-refractivity contribution in [2.45, 2.75) is 45.8 Å². The molecule has 0 heterocycles. The van der Waals surface area contributed by atoms with Crippen molar-refractivity contribution < 1.29 is 23.7 Å². The molecule has 0 bridgehead atoms. The highest BCUT2D eigenvalue weighted by atomic mass is 16.5. The molecule has 224 valence electrons. The van der Waals surface area contributed by atoms with Crippen LogP contribution in [0.1, 0.15) is 48.6 Å². The fourth-order valence-electron chi connectivity index (χ4n) is 4.65. The minimum atomic E-state index is -0.171. The van der Waals surface area contributed by atoms with Crippen molar-refractivity contribution in [2.24, 2.45) is 0 Å². The summed E-state index contributed by atoms with van der Waals surface area (Å²) in [6, 6.07) is 29.8. The number of hydrogen-bond donors (Lipinski definition) is 1. The average molecular weight is 580 g/mol. The first kappa shape index (κ1) is 31.2. The Morgan fingerprint density at radius 2 is 1.28 bits per heavy atom. The van der Waals surface area contributed by atoms with Crippen molar-refractivity contribution in [1.82, 2.24) is 5.32 Å². The predicted molar refractivity (Wildman–Crippen MR) is 172 cm³/mol. The van der Waals surface area contributed by atoms with Crippen molar-refractivity contribution in [3.8, 4) is 23.0 Å². The van der Waals surface area contributed by atoms with Crippen LogP contribution in [-0.2, 0) is 29.8 Å². The number of nitrogens with one attached hydrogen (secondary N) is 1. The molecule has 0 spiro atoms. The van der Waals surface area contributed by atoms with E-state index in [0.717, 1.165) is 27.8 Å². The van der Waals surface area contributed by atoms with Crippen molar-refractivity contribution in [1.29, 1.82) is 0 Å². The number of carbonyl (C=O) groups excluding carboxylic acids is 1. The molecule has 1 amide bonds. The smallest absolute Gasteiger partial charge is 0.244 e. The minimum absolute atomic E-state index is 0.170. The molecular weight excluding hydrogens is 538 g/mol. The molecule has 43 heavy (non-hydrogen) atoms. The normalized spacial score (nSPS) is 11.3. The van der Waals surface area contributed by atoms with E-state index >= 15 is 0 Å². The number of hydrogen-bond acceptors (Lipinski definition) is 5. The highest BCUT2D eigenvalue weighted by molar-refractivity contribution is 5.92. The molecule has 4 aromatic carbocycles. The van der Waals surface area contributed by atoms with Gasteiger partial charge in [0.15, 0.2) is 23.0 Å². The third kappa shape index (κ3) is 9.14. The van der Waals surface area contributed by atoms with Crippen LogP contribution in [0.15, 0.2) is 97.1 Å². The molecule has 4 rings (SSSR count). The second-order valence-electron chi connectivity index (χ2n) is 11.2. The Morgan fingerprint density at radius 3 is 1.84 bits per heavy atom. The van der Waals surface area contributed by atoms with E-state index in [-0.39, 0.29) is 11.3 Å². The molecule has 0 saturated heterocycles. The fraction of sp³-hybridized carbons (Fsp3) is 0.270. The molecule has 0 radical (unpaired) electrons. The van der Waals surface area contributed by atoms with E-state index in [1.165, 1.54) is 0 Å². The molecule has 6 heteroatoms. The second-order valence-corrected chi connectivity index (χ2v) is 11.2. The molecule has 0 atom stereocenters. The van der Waals surface area contributed by atoms with Gasteiger partial charge in [0.2, 0.25) is 5.91 Å². The Hall–Kier alpha value is -4.71. The van der Waals surface area contributed by atoms with Crippen LogP contribution < -0.4 is 24.3 Å². The summed E-state index contributed by atoms with van der Waals surface area (Å²) < 4.78 is 23.3. The van der Waals surface area contributed by atoms with E-state index in [9.17, 15) is 4.79 Å². The quantitative estimate of drug-likeness (QED) is 0.166. The summed E-state index contributed by atoms with van der Waals surface area (Å²) in [5.74, 6) is 2.47. The van der Waals surface area contributed by atoms with Crippen molar-refractivity contribution in [3.05, 3.63) is 125 Å². The summed E-state index contributed by atoms with van der Waals surface area (Å²) in [4.78, 5) is 12.8. The third-order valence-electron chi connectivity index (χ3n) is 6.97.